The van der Waals surface area contributed by atoms with Gasteiger partial charge in [0.1, 0.15) is 0 Å². The lowest BCUT2D eigenvalue weighted by Crippen LogP contribution is -2.52. The number of carbonyl (C=O) groups excluding carboxylic acids is 1. The van der Waals surface area contributed by atoms with Gasteiger partial charge in [-0.2, -0.15) is 0 Å². The van der Waals surface area contributed by atoms with Crippen LogP contribution in [0.15, 0.2) is 24.3 Å². The molecule has 5 heteroatoms. The predicted octanol–water partition coefficient (Wildman–Crippen LogP) is 2.40. The summed E-state index contributed by atoms with van der Waals surface area (Å²) in [6.07, 6.45) is 3.86. The summed E-state index contributed by atoms with van der Waals surface area (Å²) in [7, 11) is 0. The number of ether oxygens (including phenoxy) is 1. The Morgan fingerprint density at radius 3 is 2.52 bits per heavy atom. The minimum atomic E-state index is 0.145. The van der Waals surface area contributed by atoms with Crippen LogP contribution in [0.3, 0.4) is 0 Å². The van der Waals surface area contributed by atoms with Crippen molar-refractivity contribution < 1.29 is 9.53 Å². The maximum Gasteiger partial charge on any atom is 0.236 e. The molecule has 27 heavy (non-hydrogen) atoms. The first-order chi connectivity index (χ1) is 13.1. The number of carbonyl (C=O) groups is 1. The monoisotopic (exact) mass is 371 g/mol. The molecule has 3 heterocycles. The summed E-state index contributed by atoms with van der Waals surface area (Å²) >= 11 is 0. The van der Waals surface area contributed by atoms with Crippen LogP contribution in [0.5, 0.6) is 0 Å². The molecule has 0 saturated carbocycles. The van der Waals surface area contributed by atoms with Crippen molar-refractivity contribution in [3.8, 4) is 0 Å². The van der Waals surface area contributed by atoms with E-state index < -0.39 is 0 Å². The van der Waals surface area contributed by atoms with E-state index in [1.807, 2.05) is 4.90 Å². The van der Waals surface area contributed by atoms with Crippen molar-refractivity contribution in [1.82, 2.24) is 9.80 Å². The Labute approximate surface area is 163 Å². The Hall–Kier alpha value is -1.59. The van der Waals surface area contributed by atoms with Gasteiger partial charge in [0, 0.05) is 31.9 Å². The van der Waals surface area contributed by atoms with Gasteiger partial charge in [0.25, 0.3) is 0 Å². The summed E-state index contributed by atoms with van der Waals surface area (Å²) in [6, 6.07) is 8.82. The molecule has 2 saturated heterocycles. The molecule has 4 rings (SSSR count). The number of piperidine rings is 1. The van der Waals surface area contributed by atoms with E-state index in [2.05, 4.69) is 47.9 Å². The van der Waals surface area contributed by atoms with Crippen LogP contribution in [0.25, 0.3) is 0 Å². The quantitative estimate of drug-likeness (QED) is 0.814. The molecule has 0 spiro atoms. The average Bonchev–Trinajstić information content (AvgIpc) is 3.05. The highest BCUT2D eigenvalue weighted by Gasteiger charge is 2.29. The van der Waals surface area contributed by atoms with Crippen LogP contribution in [0.4, 0.5) is 5.69 Å². The number of hydrogen-bond acceptors (Lipinski definition) is 4. The highest BCUT2D eigenvalue weighted by Crippen LogP contribution is 2.30. The Morgan fingerprint density at radius 1 is 1.07 bits per heavy atom. The molecule has 3 aliphatic heterocycles. The van der Waals surface area contributed by atoms with Crippen molar-refractivity contribution in [2.45, 2.75) is 45.3 Å². The van der Waals surface area contributed by atoms with Crippen LogP contribution in [-0.4, -0.2) is 73.7 Å². The lowest BCUT2D eigenvalue weighted by molar-refractivity contribution is -0.144. The van der Waals surface area contributed by atoms with E-state index in [-0.39, 0.29) is 18.1 Å². The zero-order valence-corrected chi connectivity index (χ0v) is 16.8. The smallest absolute Gasteiger partial charge is 0.236 e. The lowest BCUT2D eigenvalue weighted by Gasteiger charge is -2.38. The average molecular weight is 372 g/mol. The molecule has 0 aliphatic carbocycles. The first-order valence-corrected chi connectivity index (χ1v) is 10.6. The number of hydrogen-bond donors (Lipinski definition) is 0. The molecule has 1 aromatic rings. The van der Waals surface area contributed by atoms with Crippen LogP contribution in [0.2, 0.25) is 0 Å². The first-order valence-electron chi connectivity index (χ1n) is 10.6. The normalized spacial score (nSPS) is 27.0. The number of rotatable bonds is 4. The van der Waals surface area contributed by atoms with Gasteiger partial charge in [-0.1, -0.05) is 18.2 Å². The van der Waals surface area contributed by atoms with Gasteiger partial charge >= 0.3 is 0 Å². The highest BCUT2D eigenvalue weighted by molar-refractivity contribution is 5.78. The molecule has 2 unspecified atom stereocenters. The van der Waals surface area contributed by atoms with Gasteiger partial charge in [-0.3, -0.25) is 9.69 Å². The summed E-state index contributed by atoms with van der Waals surface area (Å²) in [6.45, 7) is 10.5. The maximum absolute atomic E-state index is 12.7. The van der Waals surface area contributed by atoms with Crippen molar-refractivity contribution in [2.24, 2.45) is 5.92 Å². The van der Waals surface area contributed by atoms with Gasteiger partial charge < -0.3 is 14.5 Å². The van der Waals surface area contributed by atoms with Crippen molar-refractivity contribution >= 4 is 11.6 Å². The van der Waals surface area contributed by atoms with Gasteiger partial charge in [0.15, 0.2) is 0 Å². The summed E-state index contributed by atoms with van der Waals surface area (Å²) in [5.74, 6) is 1.01. The van der Waals surface area contributed by atoms with E-state index in [4.69, 9.17) is 4.74 Å². The molecular weight excluding hydrogens is 338 g/mol. The fourth-order valence-electron chi connectivity index (χ4n) is 4.91. The van der Waals surface area contributed by atoms with Crippen molar-refractivity contribution in [3.63, 3.8) is 0 Å². The van der Waals surface area contributed by atoms with Crippen LogP contribution in [0, 0.1) is 5.92 Å². The van der Waals surface area contributed by atoms with Crippen LogP contribution >= 0.6 is 0 Å². The highest BCUT2D eigenvalue weighted by atomic mass is 16.5. The molecule has 0 N–H and O–H groups in total. The molecule has 1 amide bonds. The molecule has 0 bridgehead atoms. The second-order valence-electron chi connectivity index (χ2n) is 8.60. The molecule has 2 atom stereocenters. The third kappa shape index (κ3) is 4.46. The Kier molecular flexibility index (Phi) is 5.69. The number of nitrogens with zero attached hydrogens (tertiary/aromatic N) is 3. The van der Waals surface area contributed by atoms with E-state index in [9.17, 15) is 4.79 Å². The maximum atomic E-state index is 12.7. The number of para-hydroxylation sites is 1. The molecule has 3 aliphatic rings. The van der Waals surface area contributed by atoms with E-state index in [1.165, 1.54) is 30.5 Å². The van der Waals surface area contributed by atoms with E-state index >= 15 is 0 Å². The first kappa shape index (κ1) is 18.8. The second kappa shape index (κ2) is 8.19. The second-order valence-corrected chi connectivity index (χ2v) is 8.60. The lowest BCUT2D eigenvalue weighted by atomic mass is 9.96. The van der Waals surface area contributed by atoms with Gasteiger partial charge in [-0.05, 0) is 63.7 Å². The molecule has 1 aromatic carbocycles. The standard InChI is InChI=1S/C22H33N3O2/c1-17-13-25(14-18(2)27-17)22(26)16-23-10-7-19(8-11-23)15-24-12-9-20-5-3-4-6-21(20)24/h3-6,17-19H,7-16H2,1-2H3. The Bertz CT molecular complexity index is 647. The number of amides is 1. The van der Waals surface area contributed by atoms with Crippen LogP contribution < -0.4 is 4.90 Å². The summed E-state index contributed by atoms with van der Waals surface area (Å²) < 4.78 is 5.75. The van der Waals surface area contributed by atoms with E-state index in [0.29, 0.717) is 6.54 Å². The molecular formula is C22H33N3O2. The zero-order chi connectivity index (χ0) is 18.8. The minimum Gasteiger partial charge on any atom is -0.372 e. The van der Waals surface area contributed by atoms with Gasteiger partial charge in [0.2, 0.25) is 5.91 Å². The summed E-state index contributed by atoms with van der Waals surface area (Å²) in [5, 5.41) is 0. The van der Waals surface area contributed by atoms with Crippen LogP contribution in [0.1, 0.15) is 32.3 Å². The van der Waals surface area contributed by atoms with E-state index in [0.717, 1.165) is 45.2 Å². The van der Waals surface area contributed by atoms with Crippen molar-refractivity contribution in [1.29, 1.82) is 0 Å². The fraction of sp³-hybridized carbons (Fsp3) is 0.682. The number of benzene rings is 1. The third-order valence-electron chi connectivity index (χ3n) is 6.30. The van der Waals surface area contributed by atoms with Crippen LogP contribution in [-0.2, 0) is 16.0 Å². The summed E-state index contributed by atoms with van der Waals surface area (Å²) in [4.78, 5) is 19.6. The van der Waals surface area contributed by atoms with Gasteiger partial charge in [0.05, 0.1) is 18.8 Å². The molecule has 0 aromatic heterocycles. The molecule has 5 nitrogen and oxygen atoms in total. The van der Waals surface area contributed by atoms with Gasteiger partial charge in [-0.15, -0.1) is 0 Å². The Balaban J connectivity index is 1.23. The predicted molar refractivity (Wildman–Crippen MR) is 108 cm³/mol. The third-order valence-corrected chi connectivity index (χ3v) is 6.30. The minimum absolute atomic E-state index is 0.145. The van der Waals surface area contributed by atoms with E-state index in [1.54, 1.807) is 0 Å². The van der Waals surface area contributed by atoms with Gasteiger partial charge in [-0.25, -0.2) is 0 Å². The number of anilines is 1. The molecule has 148 valence electrons. The van der Waals surface area contributed by atoms with Crippen molar-refractivity contribution in [2.75, 3.05) is 50.7 Å². The molecule has 0 radical (unpaired) electrons. The molecule has 2 fully saturated rings. The Morgan fingerprint density at radius 2 is 1.78 bits per heavy atom. The largest absolute Gasteiger partial charge is 0.372 e. The SMILES string of the molecule is CC1CN(C(=O)CN2CCC(CN3CCc4ccccc43)CC2)CC(C)O1. The zero-order valence-electron chi connectivity index (χ0n) is 16.8. The number of likely N-dealkylation sites (tertiary alicyclic amines) is 1. The number of morpholine rings is 1. The topological polar surface area (TPSA) is 36.0 Å². The summed E-state index contributed by atoms with van der Waals surface area (Å²) in [5.41, 5.74) is 2.93. The fourth-order valence-corrected chi connectivity index (χ4v) is 4.91. The number of fused-ring (bicyclic) bond motifs is 1. The van der Waals surface area contributed by atoms with Crippen molar-refractivity contribution in [3.05, 3.63) is 29.8 Å².